The highest BCUT2D eigenvalue weighted by atomic mass is 35.5. The molecule has 2 amide bonds. The number of carbonyl (C=O) groups is 2. The molecule has 0 aliphatic heterocycles. The van der Waals surface area contributed by atoms with Crippen LogP contribution >= 0.6 is 11.6 Å². The van der Waals surface area contributed by atoms with Crippen LogP contribution in [-0.2, 0) is 4.79 Å². The van der Waals surface area contributed by atoms with Crippen LogP contribution in [0.2, 0.25) is 5.02 Å². The number of hydrogen-bond donors (Lipinski definition) is 2. The van der Waals surface area contributed by atoms with Crippen molar-refractivity contribution in [1.82, 2.24) is 5.32 Å². The smallest absolute Gasteiger partial charge is 0.319 e. The summed E-state index contributed by atoms with van der Waals surface area (Å²) in [6.07, 6.45) is 2.23. The third-order valence-electron chi connectivity index (χ3n) is 2.83. The Morgan fingerprint density at radius 1 is 1.14 bits per heavy atom. The number of nitro groups is 1. The van der Waals surface area contributed by atoms with Crippen molar-refractivity contribution in [2.75, 3.05) is 18.4 Å². The molecule has 2 N–H and O–H groups in total. The molecule has 0 fully saturated rings. The van der Waals surface area contributed by atoms with E-state index in [1.165, 1.54) is 0 Å². The Labute approximate surface area is 133 Å². The summed E-state index contributed by atoms with van der Waals surface area (Å²) in [5.74, 6) is -0.363. The number of amides is 2. The Morgan fingerprint density at radius 3 is 2.45 bits per heavy atom. The normalized spacial score (nSPS) is 10.0. The molecule has 1 aromatic carbocycles. The van der Waals surface area contributed by atoms with E-state index in [9.17, 15) is 19.7 Å². The Hall–Kier alpha value is -2.15. The van der Waals surface area contributed by atoms with Crippen molar-refractivity contribution in [3.05, 3.63) is 39.4 Å². The van der Waals surface area contributed by atoms with Crippen LogP contribution < -0.4 is 10.6 Å². The number of carbonyl (C=O) groups excluding carboxylic acids is 2. The number of unbranched alkanes of at least 4 members (excludes halogenated alkanes) is 2. The van der Waals surface area contributed by atoms with Gasteiger partial charge in [0.1, 0.15) is 0 Å². The molecule has 0 aliphatic rings. The van der Waals surface area contributed by atoms with Gasteiger partial charge in [-0.15, -0.1) is 0 Å². The van der Waals surface area contributed by atoms with Gasteiger partial charge in [0, 0.05) is 28.6 Å². The lowest BCUT2D eigenvalue weighted by molar-refractivity contribution is -0.467. The Kier molecular flexibility index (Phi) is 7.91. The van der Waals surface area contributed by atoms with Crippen LogP contribution in [0.5, 0.6) is 0 Å². The van der Waals surface area contributed by atoms with E-state index >= 15 is 0 Å². The average Bonchev–Trinajstić information content (AvgIpc) is 2.44. The molecule has 8 heteroatoms. The number of rotatable bonds is 9. The number of anilines is 1. The van der Waals surface area contributed by atoms with Gasteiger partial charge in [0.15, 0.2) is 0 Å². The fourth-order valence-electron chi connectivity index (χ4n) is 1.76. The zero-order valence-electron chi connectivity index (χ0n) is 12.0. The number of halogens is 1. The predicted octanol–water partition coefficient (Wildman–Crippen LogP) is 2.87. The second-order valence-electron chi connectivity index (χ2n) is 4.73. The Morgan fingerprint density at radius 2 is 1.82 bits per heavy atom. The molecule has 7 nitrogen and oxygen atoms in total. The van der Waals surface area contributed by atoms with Crippen LogP contribution in [0.15, 0.2) is 24.3 Å². The average molecular weight is 328 g/mol. The molecule has 0 unspecified atom stereocenters. The van der Waals surface area contributed by atoms with Crippen LogP contribution in [0, 0.1) is 10.1 Å². The molecule has 0 atom stereocenters. The summed E-state index contributed by atoms with van der Waals surface area (Å²) in [5, 5.41) is 16.1. The number of benzene rings is 1. The van der Waals surface area contributed by atoms with Crippen molar-refractivity contribution in [2.45, 2.75) is 25.7 Å². The van der Waals surface area contributed by atoms with Crippen molar-refractivity contribution >= 4 is 29.1 Å². The highest BCUT2D eigenvalue weighted by molar-refractivity contribution is 6.30. The maximum Gasteiger partial charge on any atom is 0.319 e. The van der Waals surface area contributed by atoms with Crippen LogP contribution in [0.4, 0.5) is 10.5 Å². The van der Waals surface area contributed by atoms with Gasteiger partial charge in [-0.3, -0.25) is 14.9 Å². The van der Waals surface area contributed by atoms with E-state index < -0.39 is 11.5 Å². The minimum atomic E-state index is -0.620. The molecule has 0 aliphatic carbocycles. The molecule has 0 saturated carbocycles. The van der Waals surface area contributed by atoms with Gasteiger partial charge in [-0.2, -0.15) is 0 Å². The molecule has 120 valence electrons. The largest absolute Gasteiger partial charge is 0.338 e. The van der Waals surface area contributed by atoms with Gasteiger partial charge in [-0.05, 0) is 37.1 Å². The van der Waals surface area contributed by atoms with E-state index in [1.807, 2.05) is 0 Å². The summed E-state index contributed by atoms with van der Waals surface area (Å²) < 4.78 is 0. The molecule has 0 spiro atoms. The predicted molar refractivity (Wildman–Crippen MR) is 83.8 cm³/mol. The first-order valence-electron chi connectivity index (χ1n) is 6.91. The van der Waals surface area contributed by atoms with Crippen LogP contribution in [0.1, 0.15) is 25.7 Å². The number of hydrogen-bond acceptors (Lipinski definition) is 4. The third-order valence-corrected chi connectivity index (χ3v) is 3.08. The molecular weight excluding hydrogens is 310 g/mol. The van der Waals surface area contributed by atoms with Gasteiger partial charge in [0.25, 0.3) is 6.54 Å². The highest BCUT2D eigenvalue weighted by Crippen LogP contribution is 2.13. The van der Waals surface area contributed by atoms with Gasteiger partial charge in [-0.1, -0.05) is 18.0 Å². The number of Topliss-reactive ketones (excluding diaryl/α,β-unsaturated/α-hetero) is 1. The van der Waals surface area contributed by atoms with E-state index in [2.05, 4.69) is 10.6 Å². The zero-order valence-corrected chi connectivity index (χ0v) is 12.8. The first-order valence-corrected chi connectivity index (χ1v) is 7.29. The maximum absolute atomic E-state index is 11.6. The quantitative estimate of drug-likeness (QED) is 0.413. The summed E-state index contributed by atoms with van der Waals surface area (Å²) in [6.45, 7) is -0.134. The molecule has 0 bridgehead atoms. The number of nitrogens with zero attached hydrogens (tertiary/aromatic N) is 1. The highest BCUT2D eigenvalue weighted by Gasteiger charge is 2.08. The summed E-state index contributed by atoms with van der Waals surface area (Å²) in [7, 11) is 0. The number of nitrogens with one attached hydrogen (secondary N) is 2. The fourth-order valence-corrected chi connectivity index (χ4v) is 1.88. The zero-order chi connectivity index (χ0) is 16.4. The SMILES string of the molecule is O=C(CCCCCNC(=O)Nc1ccc(Cl)cc1)C[N+](=O)[O-]. The lowest BCUT2D eigenvalue weighted by Crippen LogP contribution is -2.29. The van der Waals surface area contributed by atoms with E-state index in [4.69, 9.17) is 11.6 Å². The van der Waals surface area contributed by atoms with Crippen molar-refractivity contribution in [1.29, 1.82) is 0 Å². The number of urea groups is 1. The van der Waals surface area contributed by atoms with E-state index in [0.717, 1.165) is 6.42 Å². The molecule has 1 aromatic rings. The second-order valence-corrected chi connectivity index (χ2v) is 5.16. The first-order chi connectivity index (χ1) is 10.5. The summed E-state index contributed by atoms with van der Waals surface area (Å²) in [6, 6.07) is 6.44. The monoisotopic (exact) mass is 327 g/mol. The van der Waals surface area contributed by atoms with Crippen LogP contribution in [0.25, 0.3) is 0 Å². The minimum Gasteiger partial charge on any atom is -0.338 e. The number of ketones is 1. The van der Waals surface area contributed by atoms with Gasteiger partial charge in [0.2, 0.25) is 5.78 Å². The topological polar surface area (TPSA) is 101 Å². The van der Waals surface area contributed by atoms with E-state index in [-0.39, 0.29) is 18.2 Å². The lowest BCUT2D eigenvalue weighted by atomic mass is 10.1. The molecule has 0 aromatic heterocycles. The molecule has 0 saturated heterocycles. The second kappa shape index (κ2) is 9.73. The standard InChI is InChI=1S/C14H18ClN3O4/c15-11-5-7-12(8-6-11)17-14(20)16-9-3-1-2-4-13(19)10-18(21)22/h5-8H,1-4,9-10H2,(H2,16,17,20). The molecule has 0 heterocycles. The van der Waals surface area contributed by atoms with E-state index in [0.29, 0.717) is 30.1 Å². The summed E-state index contributed by atoms with van der Waals surface area (Å²) in [4.78, 5) is 32.2. The molecular formula is C14H18ClN3O4. The Bertz CT molecular complexity index is 519. The maximum atomic E-state index is 11.6. The molecule has 0 radical (unpaired) electrons. The van der Waals surface area contributed by atoms with Gasteiger partial charge < -0.3 is 10.6 Å². The van der Waals surface area contributed by atoms with Crippen molar-refractivity contribution in [3.63, 3.8) is 0 Å². The van der Waals surface area contributed by atoms with Crippen molar-refractivity contribution in [3.8, 4) is 0 Å². The van der Waals surface area contributed by atoms with E-state index in [1.54, 1.807) is 24.3 Å². The third kappa shape index (κ3) is 8.21. The van der Waals surface area contributed by atoms with Crippen molar-refractivity contribution in [2.24, 2.45) is 0 Å². The van der Waals surface area contributed by atoms with Gasteiger partial charge >= 0.3 is 6.03 Å². The van der Waals surface area contributed by atoms with Gasteiger partial charge in [0.05, 0.1) is 0 Å². The first kappa shape index (κ1) is 17.9. The lowest BCUT2D eigenvalue weighted by Gasteiger charge is -2.07. The summed E-state index contributed by atoms with van der Waals surface area (Å²) >= 11 is 5.74. The Balaban J connectivity index is 2.07. The minimum absolute atomic E-state index is 0.206. The fraction of sp³-hybridized carbons (Fsp3) is 0.429. The van der Waals surface area contributed by atoms with Crippen LogP contribution in [0.3, 0.4) is 0 Å². The van der Waals surface area contributed by atoms with Crippen LogP contribution in [-0.4, -0.2) is 29.8 Å². The molecule has 22 heavy (non-hydrogen) atoms. The molecule has 1 rings (SSSR count). The summed E-state index contributed by atoms with van der Waals surface area (Å²) in [5.41, 5.74) is 0.646. The van der Waals surface area contributed by atoms with Crippen molar-refractivity contribution < 1.29 is 14.5 Å². The van der Waals surface area contributed by atoms with Gasteiger partial charge in [-0.25, -0.2) is 4.79 Å².